The number of carbonyl (C=O) groups is 1. The maximum Gasteiger partial charge on any atom is 0.236 e. The van der Waals surface area contributed by atoms with E-state index in [0.717, 1.165) is 28.1 Å². The fourth-order valence-electron chi connectivity index (χ4n) is 3.24. The fraction of sp³-hybridized carbons (Fsp3) is 0.200. The fourth-order valence-corrected chi connectivity index (χ4v) is 4.87. The van der Waals surface area contributed by atoms with Crippen LogP contribution < -0.4 is 10.1 Å². The molecule has 0 atom stereocenters. The number of ether oxygens (including phenoxy) is 1. The molecule has 4 rings (SSSR count). The van der Waals surface area contributed by atoms with Crippen LogP contribution in [0.3, 0.4) is 0 Å². The van der Waals surface area contributed by atoms with Crippen molar-refractivity contribution in [2.24, 2.45) is 0 Å². The standard InChI is InChI=1S/C25H24ClN5O2S2/c1-4-12-31-22(13-33-21-7-5-6-16(2)17(21)3)29-30-25(31)35-15-23(32)28-24-27-20(14-34-24)18-8-10-19(26)11-9-18/h4-11,14H,1,12-13,15H2,2-3H3,(H,27,28,32). The van der Waals surface area contributed by atoms with Crippen molar-refractivity contribution in [2.75, 3.05) is 11.1 Å². The summed E-state index contributed by atoms with van der Waals surface area (Å²) >= 11 is 8.62. The molecular weight excluding hydrogens is 502 g/mol. The van der Waals surface area contributed by atoms with Gasteiger partial charge in [-0.25, -0.2) is 4.98 Å². The van der Waals surface area contributed by atoms with Crippen LogP contribution in [0.2, 0.25) is 5.02 Å². The van der Waals surface area contributed by atoms with Gasteiger partial charge in [0.2, 0.25) is 5.91 Å². The molecule has 7 nitrogen and oxygen atoms in total. The zero-order chi connectivity index (χ0) is 24.8. The van der Waals surface area contributed by atoms with Crippen molar-refractivity contribution in [3.05, 3.63) is 82.5 Å². The highest BCUT2D eigenvalue weighted by atomic mass is 35.5. The van der Waals surface area contributed by atoms with E-state index >= 15 is 0 Å². The number of thioether (sulfide) groups is 1. The molecule has 0 aliphatic heterocycles. The number of anilines is 1. The molecule has 2 aromatic carbocycles. The third kappa shape index (κ3) is 6.30. The van der Waals surface area contributed by atoms with E-state index in [2.05, 4.69) is 27.1 Å². The molecule has 4 aromatic rings. The number of amides is 1. The summed E-state index contributed by atoms with van der Waals surface area (Å²) in [5.74, 6) is 1.48. The van der Waals surface area contributed by atoms with Crippen LogP contribution in [-0.4, -0.2) is 31.4 Å². The highest BCUT2D eigenvalue weighted by Crippen LogP contribution is 2.27. The van der Waals surface area contributed by atoms with E-state index in [1.165, 1.54) is 23.1 Å². The summed E-state index contributed by atoms with van der Waals surface area (Å²) in [4.78, 5) is 17.0. The lowest BCUT2D eigenvalue weighted by Gasteiger charge is -2.12. The molecule has 1 amide bonds. The van der Waals surface area contributed by atoms with Gasteiger partial charge >= 0.3 is 0 Å². The molecular formula is C25H24ClN5O2S2. The summed E-state index contributed by atoms with van der Waals surface area (Å²) in [5, 5.41) is 15.1. The first kappa shape index (κ1) is 25.0. The highest BCUT2D eigenvalue weighted by molar-refractivity contribution is 7.99. The number of allylic oxidation sites excluding steroid dienone is 1. The van der Waals surface area contributed by atoms with Gasteiger partial charge in [-0.3, -0.25) is 9.36 Å². The Kier molecular flexibility index (Phi) is 8.22. The van der Waals surface area contributed by atoms with Gasteiger partial charge in [0.25, 0.3) is 0 Å². The van der Waals surface area contributed by atoms with Gasteiger partial charge in [-0.15, -0.1) is 28.1 Å². The molecule has 0 radical (unpaired) electrons. The van der Waals surface area contributed by atoms with Crippen LogP contribution in [0, 0.1) is 13.8 Å². The van der Waals surface area contributed by atoms with E-state index in [9.17, 15) is 4.79 Å². The summed E-state index contributed by atoms with van der Waals surface area (Å²) in [6, 6.07) is 13.4. The second-order valence-electron chi connectivity index (χ2n) is 7.67. The van der Waals surface area contributed by atoms with Gasteiger partial charge in [0.15, 0.2) is 16.1 Å². The molecule has 10 heteroatoms. The molecule has 0 saturated carbocycles. The Labute approximate surface area is 217 Å². The minimum absolute atomic E-state index is 0.170. The second kappa shape index (κ2) is 11.5. The number of aryl methyl sites for hydroxylation is 1. The molecule has 0 unspecified atom stereocenters. The molecule has 2 aromatic heterocycles. The van der Waals surface area contributed by atoms with Gasteiger partial charge < -0.3 is 10.1 Å². The molecule has 0 aliphatic rings. The average molecular weight is 526 g/mol. The van der Waals surface area contributed by atoms with Crippen molar-refractivity contribution in [1.82, 2.24) is 19.7 Å². The van der Waals surface area contributed by atoms with Crippen LogP contribution in [0.1, 0.15) is 17.0 Å². The van der Waals surface area contributed by atoms with Crippen molar-refractivity contribution >= 4 is 45.7 Å². The number of nitrogens with one attached hydrogen (secondary N) is 1. The molecule has 180 valence electrons. The van der Waals surface area contributed by atoms with Gasteiger partial charge in [-0.2, -0.15) is 0 Å². The molecule has 2 heterocycles. The van der Waals surface area contributed by atoms with Gasteiger partial charge in [-0.1, -0.05) is 53.7 Å². The number of rotatable bonds is 10. The Morgan fingerprint density at radius 2 is 2.03 bits per heavy atom. The summed E-state index contributed by atoms with van der Waals surface area (Å²) in [7, 11) is 0. The second-order valence-corrected chi connectivity index (χ2v) is 9.90. The van der Waals surface area contributed by atoms with Crippen LogP contribution in [0.4, 0.5) is 5.13 Å². The van der Waals surface area contributed by atoms with Crippen molar-refractivity contribution in [1.29, 1.82) is 0 Å². The van der Waals surface area contributed by atoms with E-state index in [1.807, 2.05) is 66.3 Å². The zero-order valence-corrected chi connectivity index (χ0v) is 21.7. The molecule has 0 fully saturated rings. The van der Waals surface area contributed by atoms with E-state index in [0.29, 0.717) is 27.7 Å². The monoisotopic (exact) mass is 525 g/mol. The van der Waals surface area contributed by atoms with E-state index in [4.69, 9.17) is 16.3 Å². The topological polar surface area (TPSA) is 81.9 Å². The molecule has 0 saturated heterocycles. The molecule has 0 spiro atoms. The lowest BCUT2D eigenvalue weighted by atomic mass is 10.1. The van der Waals surface area contributed by atoms with Gasteiger partial charge in [0, 0.05) is 22.5 Å². The number of halogens is 1. The van der Waals surface area contributed by atoms with Crippen LogP contribution in [-0.2, 0) is 17.9 Å². The largest absolute Gasteiger partial charge is 0.485 e. The number of benzene rings is 2. The van der Waals surface area contributed by atoms with Crippen LogP contribution in [0.15, 0.2) is 65.7 Å². The predicted octanol–water partition coefficient (Wildman–Crippen LogP) is 6.17. The predicted molar refractivity (Wildman–Crippen MR) is 142 cm³/mol. The average Bonchev–Trinajstić information content (AvgIpc) is 3.46. The third-order valence-electron chi connectivity index (χ3n) is 5.24. The highest BCUT2D eigenvalue weighted by Gasteiger charge is 2.16. The van der Waals surface area contributed by atoms with E-state index < -0.39 is 0 Å². The number of carbonyl (C=O) groups excluding carboxylic acids is 1. The Hall–Kier alpha value is -3.14. The quantitative estimate of drug-likeness (QED) is 0.197. The first-order valence-electron chi connectivity index (χ1n) is 10.8. The van der Waals surface area contributed by atoms with Gasteiger partial charge in [-0.05, 0) is 43.2 Å². The molecule has 0 bridgehead atoms. The Morgan fingerprint density at radius 3 is 2.80 bits per heavy atom. The first-order valence-corrected chi connectivity index (χ1v) is 13.0. The maximum absolute atomic E-state index is 12.5. The zero-order valence-electron chi connectivity index (χ0n) is 19.3. The molecule has 35 heavy (non-hydrogen) atoms. The normalized spacial score (nSPS) is 10.8. The minimum atomic E-state index is -0.173. The van der Waals surface area contributed by atoms with Gasteiger partial charge in [0.05, 0.1) is 11.4 Å². The smallest absolute Gasteiger partial charge is 0.236 e. The third-order valence-corrected chi connectivity index (χ3v) is 7.22. The summed E-state index contributed by atoms with van der Waals surface area (Å²) in [6.45, 7) is 8.68. The molecule has 0 aliphatic carbocycles. The number of hydrogen-bond donors (Lipinski definition) is 1. The lowest BCUT2D eigenvalue weighted by Crippen LogP contribution is -2.15. The van der Waals surface area contributed by atoms with E-state index in [-0.39, 0.29) is 18.3 Å². The summed E-state index contributed by atoms with van der Waals surface area (Å²) in [5.41, 5.74) is 3.98. The number of aromatic nitrogens is 4. The SMILES string of the molecule is C=CCn1c(COc2cccc(C)c2C)nnc1SCC(=O)Nc1nc(-c2ccc(Cl)cc2)cs1. The van der Waals surface area contributed by atoms with Crippen LogP contribution >= 0.6 is 34.7 Å². The van der Waals surface area contributed by atoms with Crippen molar-refractivity contribution in [3.8, 4) is 17.0 Å². The Bertz CT molecular complexity index is 1330. The van der Waals surface area contributed by atoms with Crippen LogP contribution in [0.25, 0.3) is 11.3 Å². The maximum atomic E-state index is 12.5. The summed E-state index contributed by atoms with van der Waals surface area (Å²) < 4.78 is 7.89. The van der Waals surface area contributed by atoms with E-state index in [1.54, 1.807) is 6.08 Å². The lowest BCUT2D eigenvalue weighted by molar-refractivity contribution is -0.113. The van der Waals surface area contributed by atoms with Crippen molar-refractivity contribution in [3.63, 3.8) is 0 Å². The van der Waals surface area contributed by atoms with Crippen molar-refractivity contribution in [2.45, 2.75) is 32.2 Å². The first-order chi connectivity index (χ1) is 16.9. The molecule has 1 N–H and O–H groups in total. The number of nitrogens with zero attached hydrogens (tertiary/aromatic N) is 4. The summed E-state index contributed by atoms with van der Waals surface area (Å²) in [6.07, 6.45) is 1.77. The van der Waals surface area contributed by atoms with Crippen molar-refractivity contribution < 1.29 is 9.53 Å². The van der Waals surface area contributed by atoms with Gasteiger partial charge in [0.1, 0.15) is 12.4 Å². The number of hydrogen-bond acceptors (Lipinski definition) is 7. The van der Waals surface area contributed by atoms with Crippen LogP contribution in [0.5, 0.6) is 5.75 Å². The minimum Gasteiger partial charge on any atom is -0.485 e. The number of thiazole rings is 1. The Balaban J connectivity index is 1.36. The Morgan fingerprint density at radius 1 is 1.23 bits per heavy atom.